The molecule has 0 aliphatic rings. The Morgan fingerprint density at radius 2 is 1.95 bits per heavy atom. The fourth-order valence-electron chi connectivity index (χ4n) is 1.43. The van der Waals surface area contributed by atoms with Gasteiger partial charge in [0.05, 0.1) is 5.75 Å². The lowest BCUT2D eigenvalue weighted by molar-refractivity contribution is 0.424. The molecule has 1 aromatic carbocycles. The second-order valence-corrected chi connectivity index (χ2v) is 9.67. The minimum Gasteiger partial charge on any atom is -0.308 e. The van der Waals surface area contributed by atoms with Crippen LogP contribution in [-0.4, -0.2) is 31.7 Å². The molecule has 1 N–H and O–H groups in total. The van der Waals surface area contributed by atoms with Crippen LogP contribution >= 0.6 is 23.4 Å². The monoisotopic (exact) mass is 335 g/mol. The summed E-state index contributed by atoms with van der Waals surface area (Å²) in [4.78, 5) is 0.998. The molecule has 0 saturated carbocycles. The lowest BCUT2D eigenvalue weighted by Gasteiger charge is -2.21. The molecule has 1 rings (SSSR count). The van der Waals surface area contributed by atoms with Gasteiger partial charge in [0.15, 0.2) is 0 Å². The third kappa shape index (κ3) is 7.53. The van der Waals surface area contributed by atoms with Crippen molar-refractivity contribution in [1.29, 1.82) is 0 Å². The van der Waals surface area contributed by atoms with E-state index in [0.717, 1.165) is 17.0 Å². The van der Waals surface area contributed by atoms with Crippen molar-refractivity contribution in [3.63, 3.8) is 0 Å². The van der Waals surface area contributed by atoms with Gasteiger partial charge in [-0.1, -0.05) is 17.7 Å². The van der Waals surface area contributed by atoms with Gasteiger partial charge in [0.1, 0.15) is 9.84 Å². The summed E-state index contributed by atoms with van der Waals surface area (Å²) < 4.78 is 22.1. The first-order chi connectivity index (χ1) is 9.07. The number of hydrogen-bond acceptors (Lipinski definition) is 4. The average Bonchev–Trinajstić information content (AvgIpc) is 2.24. The van der Waals surface area contributed by atoms with E-state index in [1.54, 1.807) is 0 Å². The zero-order chi connectivity index (χ0) is 15.4. The molecule has 0 saturated heterocycles. The molecule has 0 aromatic heterocycles. The van der Waals surface area contributed by atoms with Gasteiger partial charge in [-0.05, 0) is 38.5 Å². The van der Waals surface area contributed by atoms with E-state index in [2.05, 4.69) is 26.1 Å². The van der Waals surface area contributed by atoms with Gasteiger partial charge in [0, 0.05) is 34.0 Å². The molecule has 114 valence electrons. The van der Waals surface area contributed by atoms with Crippen LogP contribution in [0.15, 0.2) is 23.1 Å². The summed E-state index contributed by atoms with van der Waals surface area (Å²) in [6, 6.07) is 5.87. The Morgan fingerprint density at radius 3 is 2.45 bits per heavy atom. The standard InChI is InChI=1S/C14H22ClNO2S2/c1-14(2,3)16-10-11-5-6-12(9-13(11)15)19-7-8-20(4,17)18/h5-6,9,16H,7-8,10H2,1-4H3. The van der Waals surface area contributed by atoms with Crippen LogP contribution < -0.4 is 5.32 Å². The van der Waals surface area contributed by atoms with E-state index in [0.29, 0.717) is 10.8 Å². The number of benzene rings is 1. The zero-order valence-electron chi connectivity index (χ0n) is 12.4. The van der Waals surface area contributed by atoms with Crippen molar-refractivity contribution in [3.05, 3.63) is 28.8 Å². The van der Waals surface area contributed by atoms with Gasteiger partial charge in [-0.25, -0.2) is 8.42 Å². The average molecular weight is 336 g/mol. The molecule has 0 atom stereocenters. The minimum atomic E-state index is -2.90. The number of hydrogen-bond donors (Lipinski definition) is 1. The smallest absolute Gasteiger partial charge is 0.148 e. The van der Waals surface area contributed by atoms with E-state index >= 15 is 0 Å². The van der Waals surface area contributed by atoms with Crippen molar-refractivity contribution >= 4 is 33.2 Å². The fraction of sp³-hybridized carbons (Fsp3) is 0.571. The van der Waals surface area contributed by atoms with Crippen molar-refractivity contribution in [2.24, 2.45) is 0 Å². The van der Waals surface area contributed by atoms with Crippen molar-refractivity contribution in [1.82, 2.24) is 5.32 Å². The SMILES string of the molecule is CC(C)(C)NCc1ccc(SCCS(C)(=O)=O)cc1Cl. The third-order valence-electron chi connectivity index (χ3n) is 2.56. The summed E-state index contributed by atoms with van der Waals surface area (Å²) in [6.07, 6.45) is 1.25. The van der Waals surface area contributed by atoms with Crippen LogP contribution in [0.25, 0.3) is 0 Å². The van der Waals surface area contributed by atoms with Crippen LogP contribution in [0, 0.1) is 0 Å². The quantitative estimate of drug-likeness (QED) is 0.810. The number of halogens is 1. The normalized spacial score (nSPS) is 12.7. The van der Waals surface area contributed by atoms with E-state index in [9.17, 15) is 8.42 Å². The molecule has 0 amide bonds. The summed E-state index contributed by atoms with van der Waals surface area (Å²) in [5.41, 5.74) is 1.10. The summed E-state index contributed by atoms with van der Waals surface area (Å²) >= 11 is 7.77. The van der Waals surface area contributed by atoms with Crippen molar-refractivity contribution in [2.75, 3.05) is 17.8 Å². The Bertz CT molecular complexity index is 551. The van der Waals surface area contributed by atoms with E-state index < -0.39 is 9.84 Å². The highest BCUT2D eigenvalue weighted by Crippen LogP contribution is 2.25. The Hall–Kier alpha value is -0.230. The van der Waals surface area contributed by atoms with Crippen LogP contribution in [0.5, 0.6) is 0 Å². The fourth-order valence-corrected chi connectivity index (χ4v) is 3.89. The molecular formula is C14H22ClNO2S2. The minimum absolute atomic E-state index is 0.0479. The second-order valence-electron chi connectivity index (χ2n) is 5.84. The lowest BCUT2D eigenvalue weighted by Crippen LogP contribution is -2.35. The maximum Gasteiger partial charge on any atom is 0.148 e. The van der Waals surface area contributed by atoms with E-state index in [1.165, 1.54) is 18.0 Å². The first-order valence-electron chi connectivity index (χ1n) is 6.41. The summed E-state index contributed by atoms with van der Waals surface area (Å²) in [6.45, 7) is 7.04. The van der Waals surface area contributed by atoms with Gasteiger partial charge in [0.2, 0.25) is 0 Å². The molecule has 0 aliphatic carbocycles. The Labute approximate surface area is 131 Å². The van der Waals surface area contributed by atoms with Gasteiger partial charge in [-0.15, -0.1) is 11.8 Å². The molecule has 0 unspecified atom stereocenters. The predicted molar refractivity (Wildman–Crippen MR) is 88.5 cm³/mol. The van der Waals surface area contributed by atoms with Crippen molar-refractivity contribution in [3.8, 4) is 0 Å². The third-order valence-corrected chi connectivity index (χ3v) is 5.11. The largest absolute Gasteiger partial charge is 0.308 e. The predicted octanol–water partition coefficient (Wildman–Crippen LogP) is 3.36. The van der Waals surface area contributed by atoms with Crippen LogP contribution in [0.1, 0.15) is 26.3 Å². The number of rotatable bonds is 6. The van der Waals surface area contributed by atoms with Gasteiger partial charge in [0.25, 0.3) is 0 Å². The molecule has 0 bridgehead atoms. The maximum atomic E-state index is 11.1. The van der Waals surface area contributed by atoms with Crippen LogP contribution in [-0.2, 0) is 16.4 Å². The first-order valence-corrected chi connectivity index (χ1v) is 9.83. The highest BCUT2D eigenvalue weighted by atomic mass is 35.5. The van der Waals surface area contributed by atoms with Crippen LogP contribution in [0.3, 0.4) is 0 Å². The number of nitrogens with one attached hydrogen (secondary N) is 1. The van der Waals surface area contributed by atoms with E-state index in [1.807, 2.05) is 18.2 Å². The highest BCUT2D eigenvalue weighted by Gasteiger charge is 2.10. The highest BCUT2D eigenvalue weighted by molar-refractivity contribution is 8.00. The topological polar surface area (TPSA) is 46.2 Å². The van der Waals surface area contributed by atoms with Gasteiger partial charge in [-0.3, -0.25) is 0 Å². The maximum absolute atomic E-state index is 11.1. The van der Waals surface area contributed by atoms with E-state index in [4.69, 9.17) is 11.6 Å². The lowest BCUT2D eigenvalue weighted by atomic mass is 10.1. The molecule has 0 spiro atoms. The molecule has 3 nitrogen and oxygen atoms in total. The van der Waals surface area contributed by atoms with Crippen LogP contribution in [0.2, 0.25) is 5.02 Å². The molecule has 1 aromatic rings. The summed E-state index contributed by atoms with van der Waals surface area (Å²) in [7, 11) is -2.90. The van der Waals surface area contributed by atoms with Gasteiger partial charge in [-0.2, -0.15) is 0 Å². The summed E-state index contributed by atoms with van der Waals surface area (Å²) in [5, 5.41) is 4.10. The number of sulfone groups is 1. The molecular weight excluding hydrogens is 314 g/mol. The Kier molecular flexibility index (Phi) is 6.38. The molecule has 6 heteroatoms. The van der Waals surface area contributed by atoms with Crippen molar-refractivity contribution < 1.29 is 8.42 Å². The first kappa shape index (κ1) is 17.8. The van der Waals surface area contributed by atoms with Crippen molar-refractivity contribution in [2.45, 2.75) is 37.8 Å². The number of thioether (sulfide) groups is 1. The Balaban J connectivity index is 2.59. The molecule has 0 heterocycles. The molecule has 20 heavy (non-hydrogen) atoms. The molecule has 0 aliphatic heterocycles. The molecule has 0 radical (unpaired) electrons. The van der Waals surface area contributed by atoms with E-state index in [-0.39, 0.29) is 11.3 Å². The zero-order valence-corrected chi connectivity index (χ0v) is 14.8. The van der Waals surface area contributed by atoms with Gasteiger partial charge >= 0.3 is 0 Å². The van der Waals surface area contributed by atoms with Crippen LogP contribution in [0.4, 0.5) is 0 Å². The summed E-state index contributed by atoms with van der Waals surface area (Å²) in [5.74, 6) is 0.733. The molecule has 0 fully saturated rings. The second kappa shape index (κ2) is 7.16. The Morgan fingerprint density at radius 1 is 1.30 bits per heavy atom. The van der Waals surface area contributed by atoms with Gasteiger partial charge < -0.3 is 5.32 Å².